The summed E-state index contributed by atoms with van der Waals surface area (Å²) in [6.07, 6.45) is 7.39. The molecule has 2 aromatic heterocycles. The molecular formula is C21H34N6O2S. The third-order valence-corrected chi connectivity index (χ3v) is 6.02. The second-order valence-corrected chi connectivity index (χ2v) is 9.42. The summed E-state index contributed by atoms with van der Waals surface area (Å²) in [6, 6.07) is 0. The van der Waals surface area contributed by atoms with E-state index in [0.717, 1.165) is 47.7 Å². The maximum absolute atomic E-state index is 12.4. The summed E-state index contributed by atoms with van der Waals surface area (Å²) in [5, 5.41) is 12.9. The lowest BCUT2D eigenvalue weighted by molar-refractivity contribution is -0.125. The van der Waals surface area contributed by atoms with Gasteiger partial charge in [-0.3, -0.25) is 4.79 Å². The summed E-state index contributed by atoms with van der Waals surface area (Å²) in [5.41, 5.74) is 0.791. The molecule has 1 saturated carbocycles. The van der Waals surface area contributed by atoms with Gasteiger partial charge in [-0.25, -0.2) is 14.6 Å². The van der Waals surface area contributed by atoms with Gasteiger partial charge in [0.05, 0.1) is 24.7 Å². The smallest absolute Gasteiger partial charge is 0.223 e. The highest BCUT2D eigenvalue weighted by molar-refractivity contribution is 7.99. The van der Waals surface area contributed by atoms with Gasteiger partial charge in [-0.2, -0.15) is 5.10 Å². The summed E-state index contributed by atoms with van der Waals surface area (Å²) in [4.78, 5) is 21.8. The molecule has 0 unspecified atom stereocenters. The molecular weight excluding hydrogens is 400 g/mol. The molecule has 0 atom stereocenters. The Labute approximate surface area is 182 Å². The van der Waals surface area contributed by atoms with Gasteiger partial charge in [0.1, 0.15) is 5.82 Å². The lowest BCUT2D eigenvalue weighted by Gasteiger charge is -2.20. The van der Waals surface area contributed by atoms with Gasteiger partial charge in [0.25, 0.3) is 0 Å². The van der Waals surface area contributed by atoms with Crippen LogP contribution >= 0.6 is 11.8 Å². The number of nitrogens with zero attached hydrogens (tertiary/aromatic N) is 4. The van der Waals surface area contributed by atoms with E-state index in [0.29, 0.717) is 38.1 Å². The van der Waals surface area contributed by atoms with Crippen LogP contribution in [0.15, 0.2) is 11.4 Å². The number of amides is 1. The minimum atomic E-state index is 0.172. The van der Waals surface area contributed by atoms with Gasteiger partial charge < -0.3 is 15.4 Å². The van der Waals surface area contributed by atoms with Crippen LogP contribution in [0.1, 0.15) is 52.9 Å². The molecule has 1 aliphatic carbocycles. The normalized spacial score (nSPS) is 15.1. The van der Waals surface area contributed by atoms with E-state index in [2.05, 4.69) is 34.6 Å². The fourth-order valence-corrected chi connectivity index (χ4v) is 4.38. The van der Waals surface area contributed by atoms with Crippen molar-refractivity contribution in [2.45, 2.75) is 69.8 Å². The molecule has 2 aromatic rings. The van der Waals surface area contributed by atoms with E-state index < -0.39 is 0 Å². The van der Waals surface area contributed by atoms with Crippen molar-refractivity contribution in [2.75, 3.05) is 31.6 Å². The average Bonchev–Trinajstić information content (AvgIpc) is 3.14. The first-order valence-electron chi connectivity index (χ1n) is 11.1. The Morgan fingerprint density at radius 2 is 2.07 bits per heavy atom. The predicted molar refractivity (Wildman–Crippen MR) is 121 cm³/mol. The topological polar surface area (TPSA) is 94.0 Å². The third kappa shape index (κ3) is 6.31. The number of rotatable bonds is 11. The summed E-state index contributed by atoms with van der Waals surface area (Å²) >= 11 is 1.63. The first kappa shape index (κ1) is 22.8. The van der Waals surface area contributed by atoms with E-state index in [-0.39, 0.29) is 11.8 Å². The second kappa shape index (κ2) is 11.5. The molecule has 1 aliphatic rings. The van der Waals surface area contributed by atoms with Gasteiger partial charge in [-0.05, 0) is 19.8 Å². The molecule has 0 radical (unpaired) electrons. The summed E-state index contributed by atoms with van der Waals surface area (Å²) in [6.45, 7) is 9.36. The van der Waals surface area contributed by atoms with Crippen molar-refractivity contribution in [3.05, 3.63) is 6.20 Å². The number of hydrogen-bond acceptors (Lipinski definition) is 7. The largest absolute Gasteiger partial charge is 0.380 e. The van der Waals surface area contributed by atoms with E-state index in [4.69, 9.17) is 9.72 Å². The van der Waals surface area contributed by atoms with E-state index in [1.165, 1.54) is 6.42 Å². The minimum absolute atomic E-state index is 0.172. The number of hydrogen-bond donors (Lipinski definition) is 2. The number of fused-ring (bicyclic) bond motifs is 1. The van der Waals surface area contributed by atoms with Gasteiger partial charge >= 0.3 is 0 Å². The quantitative estimate of drug-likeness (QED) is 0.318. The minimum Gasteiger partial charge on any atom is -0.380 e. The van der Waals surface area contributed by atoms with Crippen LogP contribution in [0, 0.1) is 5.92 Å². The average molecular weight is 435 g/mol. The zero-order valence-electron chi connectivity index (χ0n) is 18.3. The summed E-state index contributed by atoms with van der Waals surface area (Å²) in [7, 11) is 0. The Kier molecular flexibility index (Phi) is 8.74. The Morgan fingerprint density at radius 3 is 2.80 bits per heavy atom. The molecule has 9 heteroatoms. The molecule has 8 nitrogen and oxygen atoms in total. The molecule has 3 rings (SSSR count). The molecule has 0 saturated heterocycles. The lowest BCUT2D eigenvalue weighted by Crippen LogP contribution is -2.34. The van der Waals surface area contributed by atoms with Crippen LogP contribution < -0.4 is 10.6 Å². The second-order valence-electron chi connectivity index (χ2n) is 7.88. The molecule has 1 amide bonds. The monoisotopic (exact) mass is 434 g/mol. The van der Waals surface area contributed by atoms with Crippen LogP contribution in [0.3, 0.4) is 0 Å². The maximum atomic E-state index is 12.4. The van der Waals surface area contributed by atoms with E-state index >= 15 is 0 Å². The molecule has 0 aromatic carbocycles. The van der Waals surface area contributed by atoms with E-state index in [1.54, 1.807) is 18.0 Å². The third-order valence-electron chi connectivity index (χ3n) is 5.16. The van der Waals surface area contributed by atoms with Crippen molar-refractivity contribution < 1.29 is 9.53 Å². The van der Waals surface area contributed by atoms with Crippen molar-refractivity contribution >= 4 is 34.5 Å². The van der Waals surface area contributed by atoms with Gasteiger partial charge in [0, 0.05) is 30.9 Å². The highest BCUT2D eigenvalue weighted by Gasteiger charge is 2.21. The Hall–Kier alpha value is -1.87. The van der Waals surface area contributed by atoms with Gasteiger partial charge in [-0.1, -0.05) is 44.9 Å². The fourth-order valence-electron chi connectivity index (χ4n) is 3.68. The molecule has 0 bridgehead atoms. The van der Waals surface area contributed by atoms with Crippen LogP contribution in [0.5, 0.6) is 0 Å². The number of thioether (sulfide) groups is 1. The van der Waals surface area contributed by atoms with Gasteiger partial charge in [0.2, 0.25) is 5.91 Å². The van der Waals surface area contributed by atoms with Crippen molar-refractivity contribution in [2.24, 2.45) is 5.92 Å². The highest BCUT2D eigenvalue weighted by atomic mass is 32.2. The molecule has 1 fully saturated rings. The number of nitrogens with one attached hydrogen (secondary N) is 2. The van der Waals surface area contributed by atoms with Crippen molar-refractivity contribution in [3.8, 4) is 0 Å². The molecule has 0 aliphatic heterocycles. The highest BCUT2D eigenvalue weighted by Crippen LogP contribution is 2.26. The number of carbonyl (C=O) groups is 1. The number of anilines is 1. The Bertz CT molecular complexity index is 819. The fraction of sp³-hybridized carbons (Fsp3) is 0.714. The van der Waals surface area contributed by atoms with Gasteiger partial charge in [-0.15, -0.1) is 0 Å². The molecule has 0 spiro atoms. The van der Waals surface area contributed by atoms with Crippen LogP contribution in [0.25, 0.3) is 11.0 Å². The first-order chi connectivity index (χ1) is 14.6. The predicted octanol–water partition coefficient (Wildman–Crippen LogP) is 3.47. The Balaban J connectivity index is 1.68. The number of aromatic nitrogens is 4. The molecule has 2 heterocycles. The standard InChI is InChI=1S/C21H34N6O2S/c1-4-29-13-11-22-18-17-14-24-27(19(17)26-21(25-18)30-15(2)3)12-10-23-20(28)16-8-6-5-7-9-16/h14-16H,4-13H2,1-3H3,(H,23,28)(H,22,25,26). The van der Waals surface area contributed by atoms with Crippen LogP contribution in [-0.4, -0.2) is 57.2 Å². The molecule has 166 valence electrons. The van der Waals surface area contributed by atoms with Crippen molar-refractivity contribution in [1.82, 2.24) is 25.1 Å². The number of ether oxygens (including phenoxy) is 1. The van der Waals surface area contributed by atoms with Crippen molar-refractivity contribution in [1.29, 1.82) is 0 Å². The molecule has 30 heavy (non-hydrogen) atoms. The maximum Gasteiger partial charge on any atom is 0.223 e. The SMILES string of the molecule is CCOCCNc1nc(SC(C)C)nc2c1cnn2CCNC(=O)C1CCCCC1. The zero-order valence-corrected chi connectivity index (χ0v) is 19.1. The number of carbonyl (C=O) groups excluding carboxylic acids is 1. The van der Waals surface area contributed by atoms with Crippen molar-refractivity contribution in [3.63, 3.8) is 0 Å². The Morgan fingerprint density at radius 1 is 1.27 bits per heavy atom. The van der Waals surface area contributed by atoms with Gasteiger partial charge in [0.15, 0.2) is 10.8 Å². The lowest BCUT2D eigenvalue weighted by atomic mass is 9.89. The van der Waals surface area contributed by atoms with E-state index in [9.17, 15) is 4.79 Å². The van der Waals surface area contributed by atoms with Crippen LogP contribution in [0.2, 0.25) is 0 Å². The summed E-state index contributed by atoms with van der Waals surface area (Å²) in [5.74, 6) is 1.13. The van der Waals surface area contributed by atoms with Crippen LogP contribution in [0.4, 0.5) is 5.82 Å². The first-order valence-corrected chi connectivity index (χ1v) is 12.0. The zero-order chi connectivity index (χ0) is 21.3. The van der Waals surface area contributed by atoms with Crippen LogP contribution in [-0.2, 0) is 16.1 Å². The molecule has 2 N–H and O–H groups in total. The summed E-state index contributed by atoms with van der Waals surface area (Å²) < 4.78 is 7.28. The van der Waals surface area contributed by atoms with E-state index in [1.807, 2.05) is 11.6 Å².